The van der Waals surface area contributed by atoms with E-state index in [1.807, 2.05) is 5.01 Å². The third-order valence-electron chi connectivity index (χ3n) is 6.52. The van der Waals surface area contributed by atoms with E-state index in [-0.39, 0.29) is 17.3 Å². The molecule has 2 fully saturated rings. The summed E-state index contributed by atoms with van der Waals surface area (Å²) in [5, 5.41) is 4.05. The topological polar surface area (TPSA) is 26.8 Å². The Bertz CT molecular complexity index is 762. The SMILES string of the molecule is CCC1([C@H]2CCCN(N3CCN(c4ccccc4F)C3=O)C2)C=CC=CC1. The summed E-state index contributed by atoms with van der Waals surface area (Å²) >= 11 is 0. The molecule has 3 aliphatic rings. The average molecular weight is 369 g/mol. The first-order valence-electron chi connectivity index (χ1n) is 10.1. The second kappa shape index (κ2) is 7.47. The molecular formula is C22H28FN3O. The largest absolute Gasteiger partial charge is 0.339 e. The number of para-hydroxylation sites is 1. The Morgan fingerprint density at radius 2 is 2.04 bits per heavy atom. The molecule has 0 radical (unpaired) electrons. The Kier molecular flexibility index (Phi) is 5.04. The van der Waals surface area contributed by atoms with Crippen LogP contribution in [0.3, 0.4) is 0 Å². The van der Waals surface area contributed by atoms with E-state index >= 15 is 0 Å². The highest BCUT2D eigenvalue weighted by Gasteiger charge is 2.41. The second-order valence-electron chi connectivity index (χ2n) is 7.84. The van der Waals surface area contributed by atoms with Gasteiger partial charge in [0, 0.05) is 19.6 Å². The van der Waals surface area contributed by atoms with Crippen LogP contribution in [0, 0.1) is 17.2 Å². The number of carbonyl (C=O) groups excluding carboxylic acids is 1. The van der Waals surface area contributed by atoms with E-state index in [9.17, 15) is 9.18 Å². The van der Waals surface area contributed by atoms with Gasteiger partial charge in [0.25, 0.3) is 0 Å². The summed E-state index contributed by atoms with van der Waals surface area (Å²) in [4.78, 5) is 14.6. The number of anilines is 1. The summed E-state index contributed by atoms with van der Waals surface area (Å²) in [7, 11) is 0. The summed E-state index contributed by atoms with van der Waals surface area (Å²) < 4.78 is 14.1. The molecule has 2 saturated heterocycles. The molecule has 2 aliphatic heterocycles. The average Bonchev–Trinajstić information content (AvgIpc) is 3.10. The molecule has 2 amide bonds. The van der Waals surface area contributed by atoms with Crippen molar-refractivity contribution in [2.75, 3.05) is 31.1 Å². The zero-order chi connectivity index (χ0) is 18.9. The fourth-order valence-electron chi connectivity index (χ4n) is 4.86. The van der Waals surface area contributed by atoms with Gasteiger partial charge in [-0.2, -0.15) is 0 Å². The minimum Gasteiger partial charge on any atom is -0.288 e. The van der Waals surface area contributed by atoms with Crippen molar-refractivity contribution < 1.29 is 9.18 Å². The van der Waals surface area contributed by atoms with Crippen molar-refractivity contribution in [1.29, 1.82) is 0 Å². The number of benzene rings is 1. The van der Waals surface area contributed by atoms with Gasteiger partial charge < -0.3 is 0 Å². The highest BCUT2D eigenvalue weighted by atomic mass is 19.1. The number of hydrogen-bond acceptors (Lipinski definition) is 2. The molecule has 0 N–H and O–H groups in total. The molecule has 0 saturated carbocycles. The zero-order valence-corrected chi connectivity index (χ0v) is 16.0. The van der Waals surface area contributed by atoms with Crippen LogP contribution >= 0.6 is 0 Å². The molecule has 2 heterocycles. The Labute approximate surface area is 160 Å². The summed E-state index contributed by atoms with van der Waals surface area (Å²) in [5.74, 6) is 0.195. The van der Waals surface area contributed by atoms with Crippen LogP contribution in [0.4, 0.5) is 14.9 Å². The first-order chi connectivity index (χ1) is 13.1. The summed E-state index contributed by atoms with van der Waals surface area (Å²) in [6.45, 7) is 5.20. The number of hydrazine groups is 1. The molecule has 27 heavy (non-hydrogen) atoms. The molecule has 144 valence electrons. The fraction of sp³-hybridized carbons (Fsp3) is 0.500. The van der Waals surface area contributed by atoms with E-state index < -0.39 is 0 Å². The Hall–Kier alpha value is -2.14. The van der Waals surface area contributed by atoms with E-state index in [1.54, 1.807) is 23.1 Å². The summed E-state index contributed by atoms with van der Waals surface area (Å²) in [5.41, 5.74) is 0.574. The summed E-state index contributed by atoms with van der Waals surface area (Å²) in [6, 6.07) is 6.42. The monoisotopic (exact) mass is 369 g/mol. The van der Waals surface area contributed by atoms with Crippen molar-refractivity contribution in [3.05, 3.63) is 54.4 Å². The van der Waals surface area contributed by atoms with Crippen molar-refractivity contribution in [3.8, 4) is 0 Å². The van der Waals surface area contributed by atoms with E-state index in [0.29, 0.717) is 24.7 Å². The number of allylic oxidation sites excluding steroid dienone is 4. The van der Waals surface area contributed by atoms with E-state index in [4.69, 9.17) is 0 Å². The molecule has 4 nitrogen and oxygen atoms in total. The van der Waals surface area contributed by atoms with Crippen molar-refractivity contribution in [2.24, 2.45) is 11.3 Å². The van der Waals surface area contributed by atoms with Gasteiger partial charge in [0.1, 0.15) is 5.82 Å². The summed E-state index contributed by atoms with van der Waals surface area (Å²) in [6.07, 6.45) is 13.4. The van der Waals surface area contributed by atoms with Crippen molar-refractivity contribution in [3.63, 3.8) is 0 Å². The lowest BCUT2D eigenvalue weighted by Gasteiger charge is -2.46. The number of urea groups is 1. The minimum absolute atomic E-state index is 0.106. The lowest BCUT2D eigenvalue weighted by Crippen LogP contribution is -2.52. The van der Waals surface area contributed by atoms with Crippen LogP contribution in [0.25, 0.3) is 0 Å². The molecule has 0 aromatic heterocycles. The number of carbonyl (C=O) groups is 1. The maximum absolute atomic E-state index is 14.1. The van der Waals surface area contributed by atoms with Crippen LogP contribution in [0.15, 0.2) is 48.6 Å². The van der Waals surface area contributed by atoms with Crippen LogP contribution < -0.4 is 4.90 Å². The molecule has 1 unspecified atom stereocenters. The van der Waals surface area contributed by atoms with Gasteiger partial charge in [-0.05, 0) is 49.1 Å². The van der Waals surface area contributed by atoms with Gasteiger partial charge in [0.2, 0.25) is 0 Å². The van der Waals surface area contributed by atoms with Gasteiger partial charge in [0.05, 0.1) is 12.2 Å². The van der Waals surface area contributed by atoms with Crippen LogP contribution in [0.1, 0.15) is 32.6 Å². The van der Waals surface area contributed by atoms with Gasteiger partial charge >= 0.3 is 6.03 Å². The van der Waals surface area contributed by atoms with Gasteiger partial charge in [-0.1, -0.05) is 43.4 Å². The van der Waals surface area contributed by atoms with Crippen molar-refractivity contribution in [2.45, 2.75) is 32.6 Å². The van der Waals surface area contributed by atoms with Gasteiger partial charge in [-0.25, -0.2) is 14.2 Å². The highest BCUT2D eigenvalue weighted by molar-refractivity contribution is 5.93. The zero-order valence-electron chi connectivity index (χ0n) is 16.0. The first kappa shape index (κ1) is 18.2. The van der Waals surface area contributed by atoms with Crippen molar-refractivity contribution in [1.82, 2.24) is 10.0 Å². The first-order valence-corrected chi connectivity index (χ1v) is 10.1. The molecule has 1 aromatic rings. The number of amides is 2. The van der Waals surface area contributed by atoms with E-state index in [0.717, 1.165) is 32.4 Å². The Morgan fingerprint density at radius 3 is 2.78 bits per heavy atom. The van der Waals surface area contributed by atoms with Crippen LogP contribution in [-0.4, -0.2) is 42.2 Å². The van der Waals surface area contributed by atoms with E-state index in [1.165, 1.54) is 12.5 Å². The van der Waals surface area contributed by atoms with Crippen molar-refractivity contribution >= 4 is 11.7 Å². The molecule has 0 spiro atoms. The molecular weight excluding hydrogens is 341 g/mol. The molecule has 1 aliphatic carbocycles. The standard InChI is InChI=1S/C22H28FN3O/c1-2-22(12-6-3-7-13-22)18-9-8-14-24(17-18)26-16-15-25(21(26)27)20-11-5-4-10-19(20)23/h3-7,10-12,18H,2,8-9,13-17H2,1H3/t18-,22?/m0/s1. The number of hydrogen-bond donors (Lipinski definition) is 0. The maximum Gasteiger partial charge on any atom is 0.339 e. The molecule has 1 aromatic carbocycles. The predicted octanol–water partition coefficient (Wildman–Crippen LogP) is 4.61. The van der Waals surface area contributed by atoms with Gasteiger partial charge in [-0.3, -0.25) is 9.91 Å². The second-order valence-corrected chi connectivity index (χ2v) is 7.84. The number of rotatable bonds is 4. The minimum atomic E-state index is -0.340. The number of nitrogens with zero attached hydrogens (tertiary/aromatic N) is 3. The van der Waals surface area contributed by atoms with Crippen LogP contribution in [0.2, 0.25) is 0 Å². The van der Waals surface area contributed by atoms with Crippen LogP contribution in [0.5, 0.6) is 0 Å². The molecule has 5 heteroatoms. The molecule has 0 bridgehead atoms. The third kappa shape index (κ3) is 3.29. The normalized spacial score (nSPS) is 29.0. The Balaban J connectivity index is 1.49. The highest BCUT2D eigenvalue weighted by Crippen LogP contribution is 2.44. The number of halogens is 1. The van der Waals surface area contributed by atoms with E-state index in [2.05, 4.69) is 36.2 Å². The smallest absolute Gasteiger partial charge is 0.288 e. The third-order valence-corrected chi connectivity index (χ3v) is 6.52. The predicted molar refractivity (Wildman–Crippen MR) is 106 cm³/mol. The molecule has 2 atom stereocenters. The lowest BCUT2D eigenvalue weighted by molar-refractivity contribution is -0.0280. The Morgan fingerprint density at radius 1 is 1.19 bits per heavy atom. The quantitative estimate of drug-likeness (QED) is 0.775. The van der Waals surface area contributed by atoms with Gasteiger partial charge in [-0.15, -0.1) is 0 Å². The maximum atomic E-state index is 14.1. The van der Waals surface area contributed by atoms with Crippen LogP contribution in [-0.2, 0) is 0 Å². The molecule has 4 rings (SSSR count). The number of piperidine rings is 1. The fourth-order valence-corrected chi connectivity index (χ4v) is 4.86. The lowest BCUT2D eigenvalue weighted by atomic mass is 9.66. The van der Waals surface area contributed by atoms with Gasteiger partial charge in [0.15, 0.2) is 0 Å².